The molecule has 0 atom stereocenters. The Balaban J connectivity index is 2.39. The van der Waals surface area contributed by atoms with E-state index in [0.717, 1.165) is 0 Å². The second-order valence-corrected chi connectivity index (χ2v) is 5.53. The van der Waals surface area contributed by atoms with E-state index in [9.17, 15) is 9.59 Å². The number of hydrogen-bond acceptors (Lipinski definition) is 3. The molecule has 0 bridgehead atoms. The highest BCUT2D eigenvalue weighted by Gasteiger charge is 2.25. The third-order valence-electron chi connectivity index (χ3n) is 2.98. The Labute approximate surface area is 130 Å². The third kappa shape index (κ3) is 5.27. The van der Waals surface area contributed by atoms with Crippen LogP contribution in [-0.2, 0) is 4.79 Å². The molecule has 5 nitrogen and oxygen atoms in total. The summed E-state index contributed by atoms with van der Waals surface area (Å²) in [5.74, 6) is 0.530. The van der Waals surface area contributed by atoms with Gasteiger partial charge in [0.15, 0.2) is 0 Å². The van der Waals surface area contributed by atoms with Gasteiger partial charge in [0.2, 0.25) is 5.91 Å². The Kier molecular flexibility index (Phi) is 6.49. The van der Waals surface area contributed by atoms with Crippen molar-refractivity contribution in [2.24, 2.45) is 5.41 Å². The average Bonchev–Trinajstić information content (AvgIpc) is 2.50. The van der Waals surface area contributed by atoms with E-state index in [1.54, 1.807) is 45.2 Å². The summed E-state index contributed by atoms with van der Waals surface area (Å²) >= 11 is 5.72. The summed E-state index contributed by atoms with van der Waals surface area (Å²) in [7, 11) is 1.55. The number of carbonyl (C=O) groups excluding carboxylic acids is 2. The van der Waals surface area contributed by atoms with Crippen molar-refractivity contribution in [1.82, 2.24) is 10.6 Å². The number of rotatable bonds is 7. The lowest BCUT2D eigenvalue weighted by Crippen LogP contribution is -2.41. The van der Waals surface area contributed by atoms with Gasteiger partial charge in [-0.25, -0.2) is 0 Å². The van der Waals surface area contributed by atoms with Crippen LogP contribution in [0.15, 0.2) is 24.3 Å². The van der Waals surface area contributed by atoms with Crippen molar-refractivity contribution in [3.05, 3.63) is 29.8 Å². The second-order valence-electron chi connectivity index (χ2n) is 5.26. The van der Waals surface area contributed by atoms with Gasteiger partial charge in [-0.05, 0) is 32.0 Å². The molecule has 6 heteroatoms. The Morgan fingerprint density at radius 2 is 1.90 bits per heavy atom. The predicted octanol–water partition coefficient (Wildman–Crippen LogP) is 1.81. The summed E-state index contributed by atoms with van der Waals surface area (Å²) in [5.41, 5.74) is -0.0972. The summed E-state index contributed by atoms with van der Waals surface area (Å²) in [6, 6.07) is 6.88. The van der Waals surface area contributed by atoms with Gasteiger partial charge in [0.25, 0.3) is 5.91 Å². The van der Waals surface area contributed by atoms with Crippen molar-refractivity contribution in [1.29, 1.82) is 0 Å². The standard InChI is InChI=1S/C15H21ClN2O3/c1-15(2,10-16)14(20)18-8-7-17-13(19)11-5-4-6-12(9-11)21-3/h4-6,9H,7-8,10H2,1-3H3,(H,17,19)(H,18,20). The summed E-state index contributed by atoms with van der Waals surface area (Å²) in [5, 5.41) is 5.47. The third-order valence-corrected chi connectivity index (χ3v) is 3.64. The van der Waals surface area contributed by atoms with E-state index in [1.807, 2.05) is 0 Å². The normalized spacial score (nSPS) is 10.9. The van der Waals surface area contributed by atoms with Crippen LogP contribution in [0.2, 0.25) is 0 Å². The first kappa shape index (κ1) is 17.3. The number of halogens is 1. The van der Waals surface area contributed by atoms with Crippen molar-refractivity contribution in [2.45, 2.75) is 13.8 Å². The van der Waals surface area contributed by atoms with Gasteiger partial charge in [-0.3, -0.25) is 9.59 Å². The number of ether oxygens (including phenoxy) is 1. The van der Waals surface area contributed by atoms with Crippen LogP contribution in [-0.4, -0.2) is 37.9 Å². The number of benzene rings is 1. The van der Waals surface area contributed by atoms with Crippen molar-refractivity contribution in [2.75, 3.05) is 26.1 Å². The Hall–Kier alpha value is -1.75. The Morgan fingerprint density at radius 3 is 2.52 bits per heavy atom. The zero-order chi connectivity index (χ0) is 15.9. The predicted molar refractivity (Wildman–Crippen MR) is 82.8 cm³/mol. The smallest absolute Gasteiger partial charge is 0.251 e. The summed E-state index contributed by atoms with van der Waals surface area (Å²) < 4.78 is 5.06. The number of nitrogens with one attached hydrogen (secondary N) is 2. The molecule has 0 unspecified atom stereocenters. The van der Waals surface area contributed by atoms with Crippen LogP contribution in [0.25, 0.3) is 0 Å². The van der Waals surface area contributed by atoms with Gasteiger partial charge < -0.3 is 15.4 Å². The molecule has 1 aromatic carbocycles. The molecule has 0 saturated heterocycles. The van der Waals surface area contributed by atoms with E-state index >= 15 is 0 Å². The minimum atomic E-state index is -0.613. The molecule has 116 valence electrons. The number of carbonyl (C=O) groups is 2. The molecule has 1 rings (SSSR count). The van der Waals surface area contributed by atoms with E-state index in [4.69, 9.17) is 16.3 Å². The fourth-order valence-corrected chi connectivity index (χ4v) is 1.64. The van der Waals surface area contributed by atoms with Crippen LogP contribution in [0, 0.1) is 5.41 Å². The van der Waals surface area contributed by atoms with Crippen LogP contribution >= 0.6 is 11.6 Å². The average molecular weight is 313 g/mol. The lowest BCUT2D eigenvalue weighted by molar-refractivity contribution is -0.128. The molecule has 21 heavy (non-hydrogen) atoms. The highest BCUT2D eigenvalue weighted by atomic mass is 35.5. The molecule has 2 amide bonds. The second kappa shape index (κ2) is 7.88. The van der Waals surface area contributed by atoms with E-state index in [-0.39, 0.29) is 17.7 Å². The summed E-state index contributed by atoms with van der Waals surface area (Å²) in [6.07, 6.45) is 0. The largest absolute Gasteiger partial charge is 0.497 e. The molecule has 0 heterocycles. The lowest BCUT2D eigenvalue weighted by Gasteiger charge is -2.20. The van der Waals surface area contributed by atoms with Gasteiger partial charge in [-0.2, -0.15) is 0 Å². The van der Waals surface area contributed by atoms with Crippen molar-refractivity contribution in [3.63, 3.8) is 0 Å². The molecule has 0 aromatic heterocycles. The first-order chi connectivity index (χ1) is 9.90. The number of hydrogen-bond donors (Lipinski definition) is 2. The minimum absolute atomic E-state index is 0.131. The Bertz CT molecular complexity index is 503. The van der Waals surface area contributed by atoms with Gasteiger partial charge in [0, 0.05) is 24.5 Å². The molecule has 0 saturated carbocycles. The highest BCUT2D eigenvalue weighted by molar-refractivity contribution is 6.19. The van der Waals surface area contributed by atoms with Crippen LogP contribution in [0.5, 0.6) is 5.75 Å². The van der Waals surface area contributed by atoms with Crippen LogP contribution in [0.1, 0.15) is 24.2 Å². The number of methoxy groups -OCH3 is 1. The van der Waals surface area contributed by atoms with Gasteiger partial charge in [-0.1, -0.05) is 6.07 Å². The SMILES string of the molecule is COc1cccc(C(=O)NCCNC(=O)C(C)(C)CCl)c1. The molecule has 0 aliphatic carbocycles. The van der Waals surface area contributed by atoms with Gasteiger partial charge in [0.05, 0.1) is 12.5 Å². The topological polar surface area (TPSA) is 67.4 Å². The molecule has 1 aromatic rings. The monoisotopic (exact) mass is 312 g/mol. The Morgan fingerprint density at radius 1 is 1.24 bits per heavy atom. The number of amides is 2. The minimum Gasteiger partial charge on any atom is -0.497 e. The van der Waals surface area contributed by atoms with Crippen LogP contribution in [0.4, 0.5) is 0 Å². The van der Waals surface area contributed by atoms with E-state index in [1.165, 1.54) is 0 Å². The molecule has 0 fully saturated rings. The maximum absolute atomic E-state index is 11.9. The van der Waals surface area contributed by atoms with Crippen molar-refractivity contribution < 1.29 is 14.3 Å². The molecule has 2 N–H and O–H groups in total. The van der Waals surface area contributed by atoms with E-state index in [0.29, 0.717) is 24.4 Å². The molecule has 0 aliphatic rings. The first-order valence-electron chi connectivity index (χ1n) is 6.67. The fourth-order valence-electron chi connectivity index (χ4n) is 1.52. The van der Waals surface area contributed by atoms with Gasteiger partial charge in [-0.15, -0.1) is 11.6 Å². The van der Waals surface area contributed by atoms with Crippen LogP contribution in [0.3, 0.4) is 0 Å². The summed E-state index contributed by atoms with van der Waals surface area (Å²) in [4.78, 5) is 23.7. The molecular formula is C15H21ClN2O3. The van der Waals surface area contributed by atoms with Crippen molar-refractivity contribution in [3.8, 4) is 5.75 Å². The van der Waals surface area contributed by atoms with Crippen LogP contribution < -0.4 is 15.4 Å². The zero-order valence-electron chi connectivity index (χ0n) is 12.5. The van der Waals surface area contributed by atoms with Gasteiger partial charge >= 0.3 is 0 Å². The zero-order valence-corrected chi connectivity index (χ0v) is 13.3. The quantitative estimate of drug-likeness (QED) is 0.596. The maximum atomic E-state index is 11.9. The fraction of sp³-hybridized carbons (Fsp3) is 0.467. The highest BCUT2D eigenvalue weighted by Crippen LogP contribution is 2.16. The van der Waals surface area contributed by atoms with E-state index < -0.39 is 5.41 Å². The maximum Gasteiger partial charge on any atom is 0.251 e. The van der Waals surface area contributed by atoms with Crippen molar-refractivity contribution >= 4 is 23.4 Å². The molecule has 0 radical (unpaired) electrons. The molecule has 0 spiro atoms. The lowest BCUT2D eigenvalue weighted by atomic mass is 9.95. The van der Waals surface area contributed by atoms with E-state index in [2.05, 4.69) is 10.6 Å². The van der Waals surface area contributed by atoms with Gasteiger partial charge in [0.1, 0.15) is 5.75 Å². The molecule has 0 aliphatic heterocycles. The molecular weight excluding hydrogens is 292 g/mol. The first-order valence-corrected chi connectivity index (χ1v) is 7.20. The summed E-state index contributed by atoms with van der Waals surface area (Å²) in [6.45, 7) is 4.24. The number of alkyl halides is 1.